The number of rotatable bonds is 4. The van der Waals surface area contributed by atoms with Crippen molar-refractivity contribution in [1.29, 1.82) is 0 Å². The fraction of sp³-hybridized carbons (Fsp3) is 0.300. The number of anilines is 1. The van der Waals surface area contributed by atoms with Gasteiger partial charge in [-0.3, -0.25) is 0 Å². The molecule has 1 rings (SSSR count). The Bertz CT molecular complexity index is 494. The molecule has 0 radical (unpaired) electrons. The molecule has 6 nitrogen and oxygen atoms in total. The molecule has 0 aliphatic heterocycles. The number of primary amides is 1. The molecule has 2 amide bonds. The van der Waals surface area contributed by atoms with Crippen LogP contribution < -0.4 is 15.8 Å². The van der Waals surface area contributed by atoms with Crippen LogP contribution in [0.4, 0.5) is 10.5 Å². The van der Waals surface area contributed by atoms with E-state index in [4.69, 9.17) is 5.73 Å². The van der Waals surface area contributed by atoms with Crippen molar-refractivity contribution in [2.75, 3.05) is 5.32 Å². The molecule has 94 valence electrons. The van der Waals surface area contributed by atoms with Gasteiger partial charge in [0.1, 0.15) is 0 Å². The lowest BCUT2D eigenvalue weighted by Crippen LogP contribution is -2.30. The molecule has 0 aliphatic rings. The molecule has 0 bridgehead atoms. The first-order valence-electron chi connectivity index (χ1n) is 5.00. The predicted octanol–water partition coefficient (Wildman–Crippen LogP) is 0.864. The minimum absolute atomic E-state index is 0.140. The minimum atomic E-state index is -3.50. The Hall–Kier alpha value is -1.60. The van der Waals surface area contributed by atoms with Crippen LogP contribution in [-0.4, -0.2) is 20.5 Å². The van der Waals surface area contributed by atoms with Gasteiger partial charge in [0.2, 0.25) is 10.0 Å². The Balaban J connectivity index is 2.91. The van der Waals surface area contributed by atoms with Gasteiger partial charge in [0, 0.05) is 11.7 Å². The maximum absolute atomic E-state index is 11.8. The molecule has 0 spiro atoms. The molecule has 0 saturated heterocycles. The molecule has 0 atom stereocenters. The lowest BCUT2D eigenvalue weighted by molar-refractivity contribution is 0.259. The van der Waals surface area contributed by atoms with E-state index in [1.165, 1.54) is 24.3 Å². The summed E-state index contributed by atoms with van der Waals surface area (Å²) in [5.74, 6) is 0. The third kappa shape index (κ3) is 4.04. The van der Waals surface area contributed by atoms with Crippen LogP contribution in [0.25, 0.3) is 0 Å². The van der Waals surface area contributed by atoms with Gasteiger partial charge in [0.05, 0.1) is 4.90 Å². The van der Waals surface area contributed by atoms with Gasteiger partial charge in [-0.1, -0.05) is 0 Å². The van der Waals surface area contributed by atoms with Gasteiger partial charge in [0.15, 0.2) is 0 Å². The number of urea groups is 1. The van der Waals surface area contributed by atoms with Crippen molar-refractivity contribution < 1.29 is 13.2 Å². The van der Waals surface area contributed by atoms with Gasteiger partial charge in [-0.15, -0.1) is 0 Å². The summed E-state index contributed by atoms with van der Waals surface area (Å²) in [4.78, 5) is 10.7. The Labute approximate surface area is 100 Å². The van der Waals surface area contributed by atoms with Gasteiger partial charge in [-0.25, -0.2) is 17.9 Å². The van der Waals surface area contributed by atoms with E-state index in [-0.39, 0.29) is 10.9 Å². The zero-order valence-electron chi connectivity index (χ0n) is 9.60. The molecular weight excluding hydrogens is 242 g/mol. The van der Waals surface area contributed by atoms with E-state index in [2.05, 4.69) is 10.0 Å². The first kappa shape index (κ1) is 13.5. The number of amides is 2. The van der Waals surface area contributed by atoms with E-state index >= 15 is 0 Å². The zero-order valence-corrected chi connectivity index (χ0v) is 10.4. The number of sulfonamides is 1. The Morgan fingerprint density at radius 3 is 2.18 bits per heavy atom. The maximum atomic E-state index is 11.8. The summed E-state index contributed by atoms with van der Waals surface area (Å²) in [5.41, 5.74) is 5.38. The van der Waals surface area contributed by atoms with Gasteiger partial charge in [-0.2, -0.15) is 0 Å². The van der Waals surface area contributed by atoms with Crippen molar-refractivity contribution in [3.05, 3.63) is 24.3 Å². The molecule has 0 fully saturated rings. The molecule has 0 aliphatic carbocycles. The highest BCUT2D eigenvalue weighted by Gasteiger charge is 2.14. The lowest BCUT2D eigenvalue weighted by Gasteiger charge is -2.10. The molecule has 0 saturated carbocycles. The van der Waals surface area contributed by atoms with Gasteiger partial charge < -0.3 is 11.1 Å². The van der Waals surface area contributed by atoms with E-state index in [9.17, 15) is 13.2 Å². The van der Waals surface area contributed by atoms with E-state index in [1.807, 2.05) is 0 Å². The molecule has 1 aromatic carbocycles. The molecule has 17 heavy (non-hydrogen) atoms. The number of carbonyl (C=O) groups excluding carboxylic acids is 1. The van der Waals surface area contributed by atoms with Crippen LogP contribution in [0.5, 0.6) is 0 Å². The quantitative estimate of drug-likeness (QED) is 0.745. The summed E-state index contributed by atoms with van der Waals surface area (Å²) >= 11 is 0. The second kappa shape index (κ2) is 5.15. The van der Waals surface area contributed by atoms with Crippen molar-refractivity contribution in [3.8, 4) is 0 Å². The number of nitrogens with two attached hydrogens (primary N) is 1. The number of hydrogen-bond acceptors (Lipinski definition) is 3. The van der Waals surface area contributed by atoms with Crippen molar-refractivity contribution in [3.63, 3.8) is 0 Å². The van der Waals surface area contributed by atoms with Crippen LogP contribution in [0, 0.1) is 0 Å². The summed E-state index contributed by atoms with van der Waals surface area (Å²) in [5, 5.41) is 2.35. The molecule has 7 heteroatoms. The van der Waals surface area contributed by atoms with Crippen molar-refractivity contribution in [2.24, 2.45) is 5.73 Å². The normalized spacial score (nSPS) is 11.5. The van der Waals surface area contributed by atoms with Gasteiger partial charge >= 0.3 is 6.03 Å². The fourth-order valence-corrected chi connectivity index (χ4v) is 2.49. The molecular formula is C10H15N3O3S. The summed E-state index contributed by atoms with van der Waals surface area (Å²) in [6.45, 7) is 3.47. The number of benzene rings is 1. The largest absolute Gasteiger partial charge is 0.351 e. The maximum Gasteiger partial charge on any atom is 0.316 e. The second-order valence-electron chi connectivity index (χ2n) is 3.79. The summed E-state index contributed by atoms with van der Waals surface area (Å²) < 4.78 is 26.0. The van der Waals surface area contributed by atoms with Crippen LogP contribution in [0.2, 0.25) is 0 Å². The topological polar surface area (TPSA) is 101 Å². The standard InChI is InChI=1S/C10H15N3O3S/c1-7(2)13-17(15,16)9-5-3-8(4-6-9)12-10(11)14/h3-7,13H,1-2H3,(H3,11,12,14). The number of nitrogens with one attached hydrogen (secondary N) is 2. The first-order valence-corrected chi connectivity index (χ1v) is 6.48. The predicted molar refractivity (Wildman–Crippen MR) is 65.1 cm³/mol. The summed E-state index contributed by atoms with van der Waals surface area (Å²) in [6.07, 6.45) is 0. The first-order chi connectivity index (χ1) is 7.81. The smallest absolute Gasteiger partial charge is 0.316 e. The van der Waals surface area contributed by atoms with Crippen LogP contribution in [0.3, 0.4) is 0 Å². The zero-order chi connectivity index (χ0) is 13.1. The average molecular weight is 257 g/mol. The Morgan fingerprint density at radius 1 is 1.24 bits per heavy atom. The molecule has 0 heterocycles. The second-order valence-corrected chi connectivity index (χ2v) is 5.50. The average Bonchev–Trinajstić information content (AvgIpc) is 2.15. The molecule has 1 aromatic rings. The van der Waals surface area contributed by atoms with E-state index < -0.39 is 16.1 Å². The minimum Gasteiger partial charge on any atom is -0.351 e. The fourth-order valence-electron chi connectivity index (χ4n) is 1.24. The van der Waals surface area contributed by atoms with Crippen molar-refractivity contribution >= 4 is 21.7 Å². The van der Waals surface area contributed by atoms with Crippen LogP contribution in [0.15, 0.2) is 29.2 Å². The summed E-state index contributed by atoms with van der Waals surface area (Å²) in [7, 11) is -3.50. The van der Waals surface area contributed by atoms with Crippen molar-refractivity contribution in [1.82, 2.24) is 4.72 Å². The van der Waals surface area contributed by atoms with Crippen LogP contribution >= 0.6 is 0 Å². The number of hydrogen-bond donors (Lipinski definition) is 3. The SMILES string of the molecule is CC(C)NS(=O)(=O)c1ccc(NC(N)=O)cc1. The monoisotopic (exact) mass is 257 g/mol. The Kier molecular flexibility index (Phi) is 4.08. The summed E-state index contributed by atoms with van der Waals surface area (Å²) in [6, 6.07) is 4.87. The van der Waals surface area contributed by atoms with Gasteiger partial charge in [-0.05, 0) is 38.1 Å². The third-order valence-corrected chi connectivity index (χ3v) is 3.50. The van der Waals surface area contributed by atoms with E-state index in [1.54, 1.807) is 13.8 Å². The molecule has 0 unspecified atom stereocenters. The number of carbonyl (C=O) groups is 1. The van der Waals surface area contributed by atoms with E-state index in [0.717, 1.165) is 0 Å². The highest BCUT2D eigenvalue weighted by atomic mass is 32.2. The molecule has 0 aromatic heterocycles. The van der Waals surface area contributed by atoms with Crippen LogP contribution in [-0.2, 0) is 10.0 Å². The Morgan fingerprint density at radius 2 is 1.76 bits per heavy atom. The third-order valence-electron chi connectivity index (χ3n) is 1.82. The lowest BCUT2D eigenvalue weighted by atomic mass is 10.3. The van der Waals surface area contributed by atoms with Gasteiger partial charge in [0.25, 0.3) is 0 Å². The highest BCUT2D eigenvalue weighted by molar-refractivity contribution is 7.89. The van der Waals surface area contributed by atoms with Crippen molar-refractivity contribution in [2.45, 2.75) is 24.8 Å². The highest BCUT2D eigenvalue weighted by Crippen LogP contribution is 2.14. The van der Waals surface area contributed by atoms with E-state index in [0.29, 0.717) is 5.69 Å². The van der Waals surface area contributed by atoms with Crippen LogP contribution in [0.1, 0.15) is 13.8 Å². The molecule has 4 N–H and O–H groups in total.